The van der Waals surface area contributed by atoms with E-state index in [2.05, 4.69) is 44.9 Å². The van der Waals surface area contributed by atoms with Crippen LogP contribution in [0.25, 0.3) is 0 Å². The van der Waals surface area contributed by atoms with Crippen LogP contribution in [0.15, 0.2) is 12.1 Å². The van der Waals surface area contributed by atoms with Crippen LogP contribution in [0.2, 0.25) is 0 Å². The molecule has 1 N–H and O–H groups in total. The molecule has 0 amide bonds. The van der Waals surface area contributed by atoms with Gasteiger partial charge in [-0.2, -0.15) is 0 Å². The molecule has 1 aromatic carbocycles. The van der Waals surface area contributed by atoms with Crippen molar-refractivity contribution in [2.75, 3.05) is 27.8 Å². The van der Waals surface area contributed by atoms with Crippen molar-refractivity contribution in [2.45, 2.75) is 88.6 Å². The Labute approximate surface area is 192 Å². The summed E-state index contributed by atoms with van der Waals surface area (Å²) in [4.78, 5) is 2.60. The number of fused-ring (bicyclic) bond motifs is 2. The average molecular weight is 442 g/mol. The van der Waals surface area contributed by atoms with Crippen molar-refractivity contribution in [1.29, 1.82) is 0 Å². The summed E-state index contributed by atoms with van der Waals surface area (Å²) in [5.41, 5.74) is 1.17. The fourth-order valence-corrected chi connectivity index (χ4v) is 9.01. The first-order valence-corrected chi connectivity index (χ1v) is 12.3. The zero-order chi connectivity index (χ0) is 22.9. The molecule has 2 spiro atoms. The maximum atomic E-state index is 12.1. The fraction of sp³-hybridized carbons (Fsp3) is 0.778. The van der Waals surface area contributed by atoms with E-state index in [4.69, 9.17) is 14.2 Å². The lowest BCUT2D eigenvalue weighted by molar-refractivity contribution is -0.311. The lowest BCUT2D eigenvalue weighted by Crippen LogP contribution is -2.83. The van der Waals surface area contributed by atoms with E-state index in [9.17, 15) is 5.11 Å². The molecule has 2 heterocycles. The van der Waals surface area contributed by atoms with Crippen molar-refractivity contribution in [3.63, 3.8) is 0 Å². The van der Waals surface area contributed by atoms with Crippen LogP contribution < -0.4 is 9.47 Å². The largest absolute Gasteiger partial charge is 0.493 e. The van der Waals surface area contributed by atoms with Gasteiger partial charge in [0.05, 0.1) is 12.7 Å². The molecule has 6 aliphatic rings. The van der Waals surface area contributed by atoms with Crippen molar-refractivity contribution in [3.8, 4) is 11.5 Å². The maximum Gasteiger partial charge on any atom is 0.165 e. The number of benzene rings is 1. The molecule has 3 saturated carbocycles. The first-order chi connectivity index (χ1) is 15.0. The van der Waals surface area contributed by atoms with E-state index >= 15 is 0 Å². The molecule has 7 rings (SSSR count). The minimum atomic E-state index is -0.882. The van der Waals surface area contributed by atoms with Crippen molar-refractivity contribution < 1.29 is 19.3 Å². The Morgan fingerprint density at radius 2 is 1.88 bits per heavy atom. The van der Waals surface area contributed by atoms with Gasteiger partial charge in [-0.15, -0.1) is 0 Å². The van der Waals surface area contributed by atoms with E-state index in [0.717, 1.165) is 50.1 Å². The fourth-order valence-electron chi connectivity index (χ4n) is 9.01. The molecule has 3 unspecified atom stereocenters. The van der Waals surface area contributed by atoms with Crippen molar-refractivity contribution in [1.82, 2.24) is 4.90 Å². The number of hydrogen-bond donors (Lipinski definition) is 1. The third-order valence-electron chi connectivity index (χ3n) is 11.0. The van der Waals surface area contributed by atoms with Crippen molar-refractivity contribution in [3.05, 3.63) is 23.3 Å². The van der Waals surface area contributed by atoms with Gasteiger partial charge in [0.15, 0.2) is 11.5 Å². The molecule has 5 nitrogen and oxygen atoms in total. The van der Waals surface area contributed by atoms with Gasteiger partial charge in [0.1, 0.15) is 11.7 Å². The van der Waals surface area contributed by atoms with Crippen LogP contribution in [0.1, 0.15) is 64.5 Å². The number of rotatable bonds is 3. The Morgan fingerprint density at radius 3 is 2.53 bits per heavy atom. The SMILES string of the molecule is COc1ccc2c3c1OC1C34CCN(C)[C@H](C2)C42CC[C@@]1(OC)[C@@H]([C@@](C)(O)C(C)(C)C)C2. The molecule has 32 heavy (non-hydrogen) atoms. The Bertz CT molecular complexity index is 983. The van der Waals surface area contributed by atoms with Gasteiger partial charge in [-0.3, -0.25) is 0 Å². The highest BCUT2D eigenvalue weighted by molar-refractivity contribution is 5.63. The van der Waals surface area contributed by atoms with Gasteiger partial charge >= 0.3 is 0 Å². The van der Waals surface area contributed by atoms with Gasteiger partial charge in [0.2, 0.25) is 0 Å². The summed E-state index contributed by atoms with van der Waals surface area (Å²) in [7, 11) is 5.89. The number of ether oxygens (including phenoxy) is 3. The summed E-state index contributed by atoms with van der Waals surface area (Å²) in [5.74, 6) is 1.79. The Balaban J connectivity index is 1.65. The van der Waals surface area contributed by atoms with E-state index < -0.39 is 11.2 Å². The van der Waals surface area contributed by atoms with E-state index in [1.165, 1.54) is 11.1 Å². The van der Waals surface area contributed by atoms with Crippen molar-refractivity contribution >= 4 is 0 Å². The van der Waals surface area contributed by atoms with Gasteiger partial charge in [-0.25, -0.2) is 0 Å². The smallest absolute Gasteiger partial charge is 0.165 e. The number of nitrogens with zero attached hydrogens (tertiary/aromatic N) is 1. The molecule has 176 valence electrons. The van der Waals surface area contributed by atoms with Crippen molar-refractivity contribution in [2.24, 2.45) is 16.7 Å². The molecule has 2 aliphatic heterocycles. The maximum absolute atomic E-state index is 12.1. The third-order valence-corrected chi connectivity index (χ3v) is 11.0. The summed E-state index contributed by atoms with van der Waals surface area (Å²) in [6.07, 6.45) is 5.07. The first kappa shape index (κ1) is 21.2. The summed E-state index contributed by atoms with van der Waals surface area (Å²) >= 11 is 0. The first-order valence-electron chi connectivity index (χ1n) is 12.3. The van der Waals surface area contributed by atoms with Gasteiger partial charge in [0.25, 0.3) is 0 Å². The standard InChI is InChI=1S/C27H39NO4/c1-23(2,3)24(4,29)18-15-25-10-11-27(18,31-7)22-26(25)12-13-28(5)19(25)14-16-8-9-17(30-6)21(32-22)20(16)26/h8-9,18-19,22,29H,10-15H2,1-7H3/t18-,19-,22?,24-,25?,26?,27-/m1/s1. The normalized spacial score (nSPS) is 43.4. The van der Waals surface area contributed by atoms with E-state index in [0.29, 0.717) is 6.04 Å². The molecule has 0 radical (unpaired) electrons. The number of aliphatic hydroxyl groups is 1. The lowest BCUT2D eigenvalue weighted by atomic mass is 9.33. The zero-order valence-electron chi connectivity index (χ0n) is 20.7. The molecule has 7 atom stereocenters. The third kappa shape index (κ3) is 2.01. The number of piperidine rings is 1. The summed E-state index contributed by atoms with van der Waals surface area (Å²) < 4.78 is 19.4. The van der Waals surface area contributed by atoms with Crippen LogP contribution in [0.4, 0.5) is 0 Å². The quantitative estimate of drug-likeness (QED) is 0.770. The number of likely N-dealkylation sites (N-methyl/N-ethyl adjacent to an activating group) is 1. The summed E-state index contributed by atoms with van der Waals surface area (Å²) in [6.45, 7) is 9.59. The second-order valence-corrected chi connectivity index (χ2v) is 12.5. The molecule has 4 bridgehead atoms. The van der Waals surface area contributed by atoms with Gasteiger partial charge in [-0.05, 0) is 69.7 Å². The van der Waals surface area contributed by atoms with Crippen LogP contribution in [-0.2, 0) is 16.6 Å². The number of methoxy groups -OCH3 is 2. The molecule has 1 aromatic rings. The molecule has 4 aliphatic carbocycles. The van der Waals surface area contributed by atoms with Gasteiger partial charge in [0, 0.05) is 35.5 Å². The highest BCUT2D eigenvalue weighted by Gasteiger charge is 2.82. The van der Waals surface area contributed by atoms with E-state index in [1.807, 2.05) is 14.0 Å². The predicted octanol–water partition coefficient (Wildman–Crippen LogP) is 3.94. The Hall–Kier alpha value is -1.30. The second-order valence-electron chi connectivity index (χ2n) is 12.5. The molecule has 4 fully saturated rings. The Kier molecular flexibility index (Phi) is 4.00. The van der Waals surface area contributed by atoms with E-state index in [1.54, 1.807) is 7.11 Å². The van der Waals surface area contributed by atoms with Gasteiger partial charge in [-0.1, -0.05) is 26.8 Å². The highest BCUT2D eigenvalue weighted by atomic mass is 16.6. The predicted molar refractivity (Wildman–Crippen MR) is 123 cm³/mol. The monoisotopic (exact) mass is 441 g/mol. The molecular weight excluding hydrogens is 402 g/mol. The highest BCUT2D eigenvalue weighted by Crippen LogP contribution is 2.77. The number of likely N-dealkylation sites (tertiary alicyclic amines) is 1. The topological polar surface area (TPSA) is 51.2 Å². The molecule has 5 heteroatoms. The second kappa shape index (κ2) is 6.03. The van der Waals surface area contributed by atoms with Gasteiger partial charge < -0.3 is 24.2 Å². The van der Waals surface area contributed by atoms with Crippen LogP contribution in [0.5, 0.6) is 11.5 Å². The zero-order valence-corrected chi connectivity index (χ0v) is 20.7. The van der Waals surface area contributed by atoms with E-state index in [-0.39, 0.29) is 28.3 Å². The molecule has 1 saturated heterocycles. The van der Waals surface area contributed by atoms with Crippen LogP contribution in [0, 0.1) is 16.7 Å². The molecule has 0 aromatic heterocycles. The number of hydrogen-bond acceptors (Lipinski definition) is 5. The Morgan fingerprint density at radius 1 is 1.12 bits per heavy atom. The summed E-state index contributed by atoms with van der Waals surface area (Å²) in [5, 5.41) is 12.1. The van der Waals surface area contributed by atoms with Crippen LogP contribution in [0.3, 0.4) is 0 Å². The average Bonchev–Trinajstić information content (AvgIpc) is 3.12. The lowest BCUT2D eigenvalue weighted by Gasteiger charge is -2.75. The minimum absolute atomic E-state index is 0.00253. The molecular formula is C27H39NO4. The summed E-state index contributed by atoms with van der Waals surface area (Å²) in [6, 6.07) is 4.82. The van der Waals surface area contributed by atoms with Crippen LogP contribution in [-0.4, -0.2) is 61.2 Å². The van der Waals surface area contributed by atoms with Crippen LogP contribution >= 0.6 is 0 Å². The minimum Gasteiger partial charge on any atom is -0.493 e.